The van der Waals surface area contributed by atoms with Gasteiger partial charge in [-0.1, -0.05) is 26.3 Å². The molecule has 36 heavy (non-hydrogen) atoms. The molecule has 4 aliphatic rings. The molecule has 1 saturated carbocycles. The number of aliphatic hydroxyl groups excluding tert-OH is 3. The van der Waals surface area contributed by atoms with E-state index in [9.17, 15) is 29.7 Å². The van der Waals surface area contributed by atoms with E-state index < -0.39 is 83.0 Å². The molecule has 202 valence electrons. The van der Waals surface area contributed by atoms with Crippen molar-refractivity contribution in [1.82, 2.24) is 0 Å². The van der Waals surface area contributed by atoms with Gasteiger partial charge in [0.25, 0.3) is 0 Å². The number of esters is 3. The highest BCUT2D eigenvalue weighted by molar-refractivity contribution is 5.88. The van der Waals surface area contributed by atoms with Gasteiger partial charge in [0.2, 0.25) is 0 Å². The Bertz CT molecular complexity index is 962. The van der Waals surface area contributed by atoms with Crippen molar-refractivity contribution in [2.24, 2.45) is 17.3 Å². The van der Waals surface area contributed by atoms with Crippen LogP contribution in [-0.4, -0.2) is 81.1 Å². The Hall–Kier alpha value is -2.01. The number of carbonyl (C=O) groups is 3. The summed E-state index contributed by atoms with van der Waals surface area (Å²) in [6.07, 6.45) is -4.18. The number of fused-ring (bicyclic) bond motifs is 1. The topological polar surface area (TPSA) is 152 Å². The molecule has 2 aliphatic heterocycles. The van der Waals surface area contributed by atoms with E-state index in [0.29, 0.717) is 12.0 Å². The first-order chi connectivity index (χ1) is 16.7. The lowest BCUT2D eigenvalue weighted by atomic mass is 9.53. The van der Waals surface area contributed by atoms with Crippen LogP contribution in [0.1, 0.15) is 67.2 Å². The Morgan fingerprint density at radius 1 is 1.17 bits per heavy atom. The van der Waals surface area contributed by atoms with Crippen LogP contribution in [-0.2, 0) is 33.3 Å². The molecule has 0 aromatic rings. The fourth-order valence-electron chi connectivity index (χ4n) is 6.89. The highest BCUT2D eigenvalue weighted by atomic mass is 16.7. The Labute approximate surface area is 210 Å². The molecule has 1 unspecified atom stereocenters. The Kier molecular flexibility index (Phi) is 6.82. The van der Waals surface area contributed by atoms with E-state index in [4.69, 9.17) is 18.9 Å². The van der Waals surface area contributed by atoms with Gasteiger partial charge in [-0.05, 0) is 32.3 Å². The summed E-state index contributed by atoms with van der Waals surface area (Å²) in [4.78, 5) is 37.4. The Morgan fingerprint density at radius 3 is 2.42 bits per heavy atom. The lowest BCUT2D eigenvalue weighted by molar-refractivity contribution is -0.235. The molecule has 0 aromatic carbocycles. The lowest BCUT2D eigenvalue weighted by Crippen LogP contribution is -2.67. The number of carbonyl (C=O) groups excluding carboxylic acids is 3. The number of epoxide rings is 1. The summed E-state index contributed by atoms with van der Waals surface area (Å²) >= 11 is 0. The maximum atomic E-state index is 12.8. The third-order valence-corrected chi connectivity index (χ3v) is 8.94. The summed E-state index contributed by atoms with van der Waals surface area (Å²) < 4.78 is 23.0. The third-order valence-electron chi connectivity index (χ3n) is 8.94. The van der Waals surface area contributed by atoms with Gasteiger partial charge in [0.1, 0.15) is 18.3 Å². The molecule has 10 heteroatoms. The summed E-state index contributed by atoms with van der Waals surface area (Å²) in [5.41, 5.74) is -3.54. The molecule has 0 radical (unpaired) electrons. The van der Waals surface area contributed by atoms with Crippen LogP contribution >= 0.6 is 0 Å². The van der Waals surface area contributed by atoms with Gasteiger partial charge in [0.05, 0.1) is 12.2 Å². The van der Waals surface area contributed by atoms with E-state index in [1.807, 2.05) is 6.92 Å². The molecule has 3 fully saturated rings. The second kappa shape index (κ2) is 9.08. The first kappa shape index (κ1) is 27.0. The minimum Gasteiger partial charge on any atom is -0.462 e. The van der Waals surface area contributed by atoms with Crippen molar-refractivity contribution in [3.63, 3.8) is 0 Å². The predicted molar refractivity (Wildman–Crippen MR) is 124 cm³/mol. The number of rotatable bonds is 4. The van der Waals surface area contributed by atoms with Crippen LogP contribution in [0.15, 0.2) is 11.6 Å². The van der Waals surface area contributed by atoms with Gasteiger partial charge in [0.15, 0.2) is 17.3 Å². The zero-order valence-electron chi connectivity index (χ0n) is 21.7. The number of hydrogen-bond donors (Lipinski definition) is 3. The van der Waals surface area contributed by atoms with Crippen LogP contribution < -0.4 is 0 Å². The molecule has 11 atom stereocenters. The molecule has 0 aromatic heterocycles. The van der Waals surface area contributed by atoms with Crippen molar-refractivity contribution in [3.05, 3.63) is 11.6 Å². The maximum absolute atomic E-state index is 12.8. The average Bonchev–Trinajstić information content (AvgIpc) is 3.37. The van der Waals surface area contributed by atoms with Gasteiger partial charge in [-0.15, -0.1) is 0 Å². The molecule has 0 bridgehead atoms. The van der Waals surface area contributed by atoms with Crippen LogP contribution in [0.5, 0.6) is 0 Å². The summed E-state index contributed by atoms with van der Waals surface area (Å²) in [7, 11) is 0. The van der Waals surface area contributed by atoms with Crippen molar-refractivity contribution in [3.8, 4) is 0 Å². The molecule has 0 amide bonds. The maximum Gasteiger partial charge on any atom is 0.342 e. The van der Waals surface area contributed by atoms with E-state index in [2.05, 4.69) is 0 Å². The number of ether oxygens (including phenoxy) is 4. The Morgan fingerprint density at radius 2 is 1.83 bits per heavy atom. The SMILES string of the molecule is CCCC(=O)O[C@H]1C/C(C)=C\[C@@H]2OC(=O)C3(C)O[C@]23[C@@H](O)[C@H]2[C@@H](C)[C@@H](O)C[C@H](OC(C)=O)[C@]2(C)[C@H]1O. The van der Waals surface area contributed by atoms with Gasteiger partial charge >= 0.3 is 17.9 Å². The third kappa shape index (κ3) is 3.79. The molecule has 2 saturated heterocycles. The minimum atomic E-state index is -1.44. The van der Waals surface area contributed by atoms with E-state index in [1.54, 1.807) is 33.8 Å². The van der Waals surface area contributed by atoms with E-state index >= 15 is 0 Å². The van der Waals surface area contributed by atoms with Crippen LogP contribution in [0, 0.1) is 17.3 Å². The van der Waals surface area contributed by atoms with Gasteiger partial charge < -0.3 is 34.3 Å². The average molecular weight is 511 g/mol. The first-order valence-corrected chi connectivity index (χ1v) is 12.7. The quantitative estimate of drug-likeness (QED) is 0.217. The van der Waals surface area contributed by atoms with E-state index in [0.717, 1.165) is 0 Å². The highest BCUT2D eigenvalue weighted by Gasteiger charge is 2.86. The smallest absolute Gasteiger partial charge is 0.342 e. The predicted octanol–water partition coefficient (Wildman–Crippen LogP) is 1.18. The largest absolute Gasteiger partial charge is 0.462 e. The fourth-order valence-corrected chi connectivity index (χ4v) is 6.89. The normalized spacial score (nSPS) is 49.4. The molecule has 2 aliphatic carbocycles. The van der Waals surface area contributed by atoms with E-state index in [-0.39, 0.29) is 19.3 Å². The number of aliphatic hydroxyl groups is 3. The zero-order valence-corrected chi connectivity index (χ0v) is 21.7. The second-order valence-electron chi connectivity index (χ2n) is 11.3. The molecule has 3 N–H and O–H groups in total. The van der Waals surface area contributed by atoms with Crippen molar-refractivity contribution in [2.75, 3.05) is 0 Å². The van der Waals surface area contributed by atoms with Crippen molar-refractivity contribution in [2.45, 2.75) is 115 Å². The summed E-state index contributed by atoms with van der Waals surface area (Å²) in [6, 6.07) is 0. The summed E-state index contributed by atoms with van der Waals surface area (Å²) in [5, 5.41) is 34.9. The standard InChI is InChI=1S/C26H38O10/c1-7-8-19(29)34-16-9-12(2)10-18-26(25(6,36-26)23(32)35-18)22(31)20-13(3)15(28)11-17(33-14(4)27)24(20,5)21(16)30/h10,13,15-18,20-22,28,30-31H,7-9,11H2,1-6H3/b12-10-/t13-,15-,16-,17-,18-,20+,21-,22-,24-,25?,26-/m0/s1. The van der Waals surface area contributed by atoms with Crippen molar-refractivity contribution < 1.29 is 48.7 Å². The van der Waals surface area contributed by atoms with Crippen LogP contribution in [0.25, 0.3) is 0 Å². The van der Waals surface area contributed by atoms with Gasteiger partial charge in [-0.2, -0.15) is 0 Å². The second-order valence-corrected chi connectivity index (χ2v) is 11.3. The molecular weight excluding hydrogens is 472 g/mol. The van der Waals surface area contributed by atoms with Crippen LogP contribution in [0.3, 0.4) is 0 Å². The lowest BCUT2D eigenvalue weighted by Gasteiger charge is -2.56. The highest BCUT2D eigenvalue weighted by Crippen LogP contribution is 2.64. The van der Waals surface area contributed by atoms with E-state index in [1.165, 1.54) is 6.92 Å². The molecule has 10 nitrogen and oxygen atoms in total. The molecular formula is C26H38O10. The minimum absolute atomic E-state index is 0.0198. The van der Waals surface area contributed by atoms with Crippen LogP contribution in [0.2, 0.25) is 0 Å². The van der Waals surface area contributed by atoms with Crippen molar-refractivity contribution >= 4 is 17.9 Å². The first-order valence-electron chi connectivity index (χ1n) is 12.7. The molecule has 2 heterocycles. The van der Waals surface area contributed by atoms with Crippen molar-refractivity contribution in [1.29, 1.82) is 0 Å². The van der Waals surface area contributed by atoms with Gasteiger partial charge in [-0.25, -0.2) is 4.79 Å². The monoisotopic (exact) mass is 510 g/mol. The fraction of sp³-hybridized carbons (Fsp3) is 0.808. The molecule has 1 spiro atoms. The Balaban J connectivity index is 1.89. The van der Waals surface area contributed by atoms with Gasteiger partial charge in [-0.3, -0.25) is 9.59 Å². The van der Waals surface area contributed by atoms with Crippen LogP contribution in [0.4, 0.5) is 0 Å². The van der Waals surface area contributed by atoms with Gasteiger partial charge in [0, 0.05) is 37.5 Å². The summed E-state index contributed by atoms with van der Waals surface area (Å²) in [6.45, 7) is 9.80. The molecule has 4 rings (SSSR count). The number of hydrogen-bond acceptors (Lipinski definition) is 10. The zero-order chi connectivity index (χ0) is 26.8. The summed E-state index contributed by atoms with van der Waals surface area (Å²) in [5.74, 6) is -3.22.